The van der Waals surface area contributed by atoms with Gasteiger partial charge in [-0.05, 0) is 40.9 Å². The van der Waals surface area contributed by atoms with Crippen molar-refractivity contribution in [3.8, 4) is 0 Å². The van der Waals surface area contributed by atoms with Gasteiger partial charge in [-0.3, -0.25) is 4.90 Å². The largest absolute Gasteiger partial charge is 0.444 e. The lowest BCUT2D eigenvalue weighted by Crippen LogP contribution is -2.50. The van der Waals surface area contributed by atoms with Crippen molar-refractivity contribution in [3.63, 3.8) is 0 Å². The van der Waals surface area contributed by atoms with E-state index in [2.05, 4.69) is 0 Å². The van der Waals surface area contributed by atoms with E-state index >= 15 is 0 Å². The van der Waals surface area contributed by atoms with Crippen LogP contribution in [-0.2, 0) is 9.47 Å². The molecule has 0 bridgehead atoms. The van der Waals surface area contributed by atoms with Crippen LogP contribution in [-0.4, -0.2) is 41.6 Å². The maximum absolute atomic E-state index is 12.0. The molecular weight excluding hydrogens is 226 g/mol. The third-order valence-electron chi connectivity index (χ3n) is 2.02. The molecule has 0 saturated heterocycles. The van der Waals surface area contributed by atoms with E-state index in [-0.39, 0.29) is 6.09 Å². The highest BCUT2D eigenvalue weighted by molar-refractivity contribution is 7.98. The lowest BCUT2D eigenvalue weighted by atomic mass is 10.2. The molecule has 1 amide bonds. The van der Waals surface area contributed by atoms with Gasteiger partial charge in [-0.2, -0.15) is 0 Å². The zero-order valence-electron chi connectivity index (χ0n) is 11.3. The van der Waals surface area contributed by atoms with Crippen LogP contribution in [0.4, 0.5) is 4.79 Å². The Balaban J connectivity index is 4.73. The number of carbonyl (C=O) groups is 1. The van der Waals surface area contributed by atoms with Crippen molar-refractivity contribution in [1.29, 1.82) is 0 Å². The summed E-state index contributed by atoms with van der Waals surface area (Å²) in [5.74, 6) is 0.537. The number of nitrogens with zero attached hydrogens (tertiary/aromatic N) is 1. The van der Waals surface area contributed by atoms with Crippen molar-refractivity contribution in [2.24, 2.45) is 0 Å². The SMILES string of the molecule is COC(C)(C)N(CSC)C(=O)OC(C)(C)C. The van der Waals surface area contributed by atoms with Gasteiger partial charge in [-0.25, -0.2) is 4.79 Å². The van der Waals surface area contributed by atoms with Crippen molar-refractivity contribution in [1.82, 2.24) is 4.90 Å². The van der Waals surface area contributed by atoms with Gasteiger partial charge in [0.25, 0.3) is 0 Å². The molecular formula is C11H23NO3S. The fraction of sp³-hybridized carbons (Fsp3) is 0.909. The molecule has 16 heavy (non-hydrogen) atoms. The molecule has 0 aliphatic rings. The fourth-order valence-electron chi connectivity index (χ4n) is 0.984. The summed E-state index contributed by atoms with van der Waals surface area (Å²) in [5.41, 5.74) is -1.15. The summed E-state index contributed by atoms with van der Waals surface area (Å²) in [6.07, 6.45) is 1.58. The summed E-state index contributed by atoms with van der Waals surface area (Å²) < 4.78 is 10.6. The maximum atomic E-state index is 12.0. The first-order chi connectivity index (χ1) is 7.14. The average Bonchev–Trinajstić information content (AvgIpc) is 2.10. The fourth-order valence-corrected chi connectivity index (χ4v) is 1.66. The Bertz CT molecular complexity index is 236. The Hall–Kier alpha value is -0.420. The molecule has 0 aliphatic heterocycles. The summed E-state index contributed by atoms with van der Waals surface area (Å²) in [7, 11) is 1.58. The first-order valence-corrected chi connectivity index (χ1v) is 6.58. The number of rotatable bonds is 4. The quantitative estimate of drug-likeness (QED) is 0.718. The molecule has 0 fully saturated rings. The van der Waals surface area contributed by atoms with Crippen LogP contribution in [0.2, 0.25) is 0 Å². The van der Waals surface area contributed by atoms with Crippen molar-refractivity contribution in [3.05, 3.63) is 0 Å². The molecule has 96 valence electrons. The molecule has 0 aromatic heterocycles. The van der Waals surface area contributed by atoms with Crippen molar-refractivity contribution < 1.29 is 14.3 Å². The molecule has 0 rings (SSSR count). The zero-order chi connectivity index (χ0) is 13.0. The third kappa shape index (κ3) is 5.07. The molecule has 0 radical (unpaired) electrons. The highest BCUT2D eigenvalue weighted by Crippen LogP contribution is 2.21. The average molecular weight is 249 g/mol. The lowest BCUT2D eigenvalue weighted by molar-refractivity contribution is -0.0990. The zero-order valence-corrected chi connectivity index (χ0v) is 12.1. The van der Waals surface area contributed by atoms with Crippen LogP contribution >= 0.6 is 11.8 Å². The van der Waals surface area contributed by atoms with Gasteiger partial charge in [0.1, 0.15) is 11.3 Å². The van der Waals surface area contributed by atoms with Crippen LogP contribution in [0.15, 0.2) is 0 Å². The van der Waals surface area contributed by atoms with Gasteiger partial charge in [0, 0.05) is 7.11 Å². The van der Waals surface area contributed by atoms with Gasteiger partial charge in [0.2, 0.25) is 0 Å². The normalized spacial score (nSPS) is 12.4. The van der Waals surface area contributed by atoms with Gasteiger partial charge >= 0.3 is 6.09 Å². The molecule has 0 atom stereocenters. The first kappa shape index (κ1) is 15.6. The van der Waals surface area contributed by atoms with E-state index in [4.69, 9.17) is 9.47 Å². The number of carbonyl (C=O) groups excluding carboxylic acids is 1. The highest BCUT2D eigenvalue weighted by atomic mass is 32.2. The predicted octanol–water partition coefficient (Wildman–Crippen LogP) is 2.93. The molecule has 0 unspecified atom stereocenters. The Morgan fingerprint density at radius 1 is 1.25 bits per heavy atom. The Labute approximate surface area is 103 Å². The van der Waals surface area contributed by atoms with Crippen LogP contribution in [0.25, 0.3) is 0 Å². The molecule has 4 nitrogen and oxygen atoms in total. The minimum absolute atomic E-state index is 0.353. The second-order valence-electron chi connectivity index (χ2n) is 4.98. The summed E-state index contributed by atoms with van der Waals surface area (Å²) >= 11 is 1.55. The maximum Gasteiger partial charge on any atom is 0.413 e. The van der Waals surface area contributed by atoms with Gasteiger partial charge < -0.3 is 9.47 Å². The van der Waals surface area contributed by atoms with Crippen LogP contribution in [0.3, 0.4) is 0 Å². The lowest BCUT2D eigenvalue weighted by Gasteiger charge is -2.37. The van der Waals surface area contributed by atoms with E-state index in [0.29, 0.717) is 5.88 Å². The molecule has 0 aromatic carbocycles. The van der Waals surface area contributed by atoms with Gasteiger partial charge in [-0.1, -0.05) is 0 Å². The summed E-state index contributed by atoms with van der Waals surface area (Å²) in [6.45, 7) is 9.23. The minimum atomic E-state index is -0.661. The Morgan fingerprint density at radius 2 is 1.75 bits per heavy atom. The van der Waals surface area contributed by atoms with E-state index < -0.39 is 11.3 Å². The predicted molar refractivity (Wildman–Crippen MR) is 67.5 cm³/mol. The molecule has 0 spiro atoms. The summed E-state index contributed by atoms with van der Waals surface area (Å²) in [5, 5.41) is 0. The minimum Gasteiger partial charge on any atom is -0.444 e. The second kappa shape index (κ2) is 5.77. The number of hydrogen-bond acceptors (Lipinski definition) is 4. The molecule has 0 saturated carbocycles. The summed E-state index contributed by atoms with van der Waals surface area (Å²) in [4.78, 5) is 13.5. The second-order valence-corrected chi connectivity index (χ2v) is 5.81. The Kier molecular flexibility index (Phi) is 5.62. The number of thioether (sulfide) groups is 1. The smallest absolute Gasteiger partial charge is 0.413 e. The number of amides is 1. The first-order valence-electron chi connectivity index (χ1n) is 5.19. The van der Waals surface area contributed by atoms with Gasteiger partial charge in [0.15, 0.2) is 0 Å². The van der Waals surface area contributed by atoms with E-state index in [9.17, 15) is 4.79 Å². The van der Waals surface area contributed by atoms with Crippen LogP contribution < -0.4 is 0 Å². The van der Waals surface area contributed by atoms with E-state index in [1.165, 1.54) is 0 Å². The van der Waals surface area contributed by atoms with E-state index in [1.54, 1.807) is 23.8 Å². The number of methoxy groups -OCH3 is 1. The highest BCUT2D eigenvalue weighted by Gasteiger charge is 2.33. The standard InChI is InChI=1S/C11H23NO3S/c1-10(2,3)15-9(13)12(8-16-7)11(4,5)14-6/h8H2,1-7H3. The van der Waals surface area contributed by atoms with Gasteiger partial charge in [0.05, 0.1) is 5.88 Å². The van der Waals surface area contributed by atoms with Crippen LogP contribution in [0, 0.1) is 0 Å². The topological polar surface area (TPSA) is 38.8 Å². The molecule has 0 aliphatic carbocycles. The summed E-state index contributed by atoms with van der Waals surface area (Å²) in [6, 6.07) is 0. The number of hydrogen-bond donors (Lipinski definition) is 0. The van der Waals surface area contributed by atoms with Crippen molar-refractivity contribution in [2.45, 2.75) is 45.9 Å². The molecule has 0 aromatic rings. The van der Waals surface area contributed by atoms with Crippen LogP contribution in [0.1, 0.15) is 34.6 Å². The van der Waals surface area contributed by atoms with E-state index in [1.807, 2.05) is 40.9 Å². The van der Waals surface area contributed by atoms with E-state index in [0.717, 1.165) is 0 Å². The molecule has 5 heteroatoms. The van der Waals surface area contributed by atoms with Crippen LogP contribution in [0.5, 0.6) is 0 Å². The number of ether oxygens (including phenoxy) is 2. The molecule has 0 N–H and O–H groups in total. The van der Waals surface area contributed by atoms with Crippen molar-refractivity contribution >= 4 is 17.9 Å². The van der Waals surface area contributed by atoms with Gasteiger partial charge in [-0.15, -0.1) is 11.8 Å². The van der Waals surface area contributed by atoms with Crippen molar-refractivity contribution in [2.75, 3.05) is 19.2 Å². The third-order valence-corrected chi connectivity index (χ3v) is 2.54. The Morgan fingerprint density at radius 3 is 2.06 bits per heavy atom. The molecule has 0 heterocycles. The monoisotopic (exact) mass is 249 g/mol.